The van der Waals surface area contributed by atoms with Crippen LogP contribution in [0.25, 0.3) is 22.0 Å². The van der Waals surface area contributed by atoms with E-state index in [1.807, 2.05) is 30.2 Å². The van der Waals surface area contributed by atoms with Crippen molar-refractivity contribution in [2.75, 3.05) is 0 Å². The van der Waals surface area contributed by atoms with E-state index in [1.165, 1.54) is 4.90 Å². The van der Waals surface area contributed by atoms with E-state index in [4.69, 9.17) is 4.74 Å². The summed E-state index contributed by atoms with van der Waals surface area (Å²) in [6.45, 7) is 4.36. The number of thioether (sulfide) groups is 1. The summed E-state index contributed by atoms with van der Waals surface area (Å²) >= 11 is 1.81. The summed E-state index contributed by atoms with van der Waals surface area (Å²) < 4.78 is 8.05. The average Bonchev–Trinajstić information content (AvgIpc) is 3.17. The van der Waals surface area contributed by atoms with E-state index in [2.05, 4.69) is 37.0 Å². The fourth-order valence-electron chi connectivity index (χ4n) is 3.99. The summed E-state index contributed by atoms with van der Waals surface area (Å²) in [4.78, 5) is 16.8. The number of nitrogens with one attached hydrogen (secondary N) is 1. The maximum absolute atomic E-state index is 12.5. The number of hydrogen-bond acceptors (Lipinski definition) is 4. The van der Waals surface area contributed by atoms with Gasteiger partial charge in [-0.05, 0) is 49.9 Å². The van der Waals surface area contributed by atoms with Crippen molar-refractivity contribution in [1.82, 2.24) is 9.55 Å². The van der Waals surface area contributed by atoms with E-state index in [0.717, 1.165) is 47.9 Å². The van der Waals surface area contributed by atoms with Gasteiger partial charge in [0.1, 0.15) is 11.3 Å². The number of aryl methyl sites for hydroxylation is 1. The van der Waals surface area contributed by atoms with Crippen molar-refractivity contribution >= 4 is 22.7 Å². The lowest BCUT2D eigenvalue weighted by molar-refractivity contribution is 0.0668. The predicted molar refractivity (Wildman–Crippen MR) is 119 cm³/mol. The molecule has 0 bridgehead atoms. The van der Waals surface area contributed by atoms with Crippen molar-refractivity contribution in [1.29, 1.82) is 0 Å². The van der Waals surface area contributed by atoms with Crippen molar-refractivity contribution in [3.05, 3.63) is 47.0 Å². The van der Waals surface area contributed by atoms with Crippen LogP contribution in [0, 0.1) is 0 Å². The van der Waals surface area contributed by atoms with Crippen LogP contribution in [0.2, 0.25) is 0 Å². The van der Waals surface area contributed by atoms with Crippen LogP contribution < -0.4 is 10.3 Å². The van der Waals surface area contributed by atoms with Gasteiger partial charge in [-0.15, -0.1) is 11.8 Å². The van der Waals surface area contributed by atoms with Gasteiger partial charge in [-0.3, -0.25) is 4.79 Å². The van der Waals surface area contributed by atoms with E-state index in [-0.39, 0.29) is 17.8 Å². The van der Waals surface area contributed by atoms with Crippen LogP contribution in [-0.4, -0.2) is 32.1 Å². The molecule has 0 saturated heterocycles. The monoisotopic (exact) mass is 412 g/mol. The number of pyridine rings is 1. The molecular weight excluding hydrogens is 384 g/mol. The van der Waals surface area contributed by atoms with E-state index in [1.54, 1.807) is 11.6 Å². The number of nitrogens with zero attached hydrogens (tertiary/aromatic N) is 1. The number of hydrogen-bond donors (Lipinski definition) is 2. The highest BCUT2D eigenvalue weighted by molar-refractivity contribution is 7.99. The van der Waals surface area contributed by atoms with Gasteiger partial charge < -0.3 is 19.4 Å². The molecule has 3 aromatic rings. The van der Waals surface area contributed by atoms with Crippen LogP contribution in [-0.2, 0) is 7.05 Å². The second-order valence-corrected chi connectivity index (χ2v) is 9.75. The Bertz CT molecular complexity index is 1060. The summed E-state index contributed by atoms with van der Waals surface area (Å²) in [6.07, 6.45) is 6.89. The molecule has 1 aromatic carbocycles. The van der Waals surface area contributed by atoms with Crippen LogP contribution in [0.1, 0.15) is 39.5 Å². The van der Waals surface area contributed by atoms with E-state index in [0.29, 0.717) is 10.8 Å². The SMILES string of the molecule is CC(C)Sc1ccc(OC2CCC(O)CC2)c(-c2cn(C)c(=O)c3[nH]ccc23)c1. The molecule has 6 heteroatoms. The van der Waals surface area contributed by atoms with Gasteiger partial charge in [0.2, 0.25) is 0 Å². The zero-order valence-corrected chi connectivity index (χ0v) is 18.0. The first kappa shape index (κ1) is 20.1. The quantitative estimate of drug-likeness (QED) is 0.595. The molecule has 2 heterocycles. The number of ether oxygens (including phenoxy) is 1. The third-order valence-electron chi connectivity index (χ3n) is 5.44. The Kier molecular flexibility index (Phi) is 5.74. The molecule has 2 N–H and O–H groups in total. The minimum absolute atomic E-state index is 0.0369. The van der Waals surface area contributed by atoms with Gasteiger partial charge in [-0.1, -0.05) is 13.8 Å². The summed E-state index contributed by atoms with van der Waals surface area (Å²) in [5.74, 6) is 0.834. The number of fused-ring (bicyclic) bond motifs is 1. The van der Waals surface area contributed by atoms with E-state index < -0.39 is 0 Å². The highest BCUT2D eigenvalue weighted by atomic mass is 32.2. The Labute approximate surface area is 175 Å². The maximum atomic E-state index is 12.5. The number of aliphatic hydroxyl groups is 1. The topological polar surface area (TPSA) is 67.2 Å². The second-order valence-electron chi connectivity index (χ2n) is 8.10. The summed E-state index contributed by atoms with van der Waals surface area (Å²) in [5, 5.41) is 11.2. The normalized spacial score (nSPS) is 19.8. The lowest BCUT2D eigenvalue weighted by atomic mass is 9.95. The fraction of sp³-hybridized carbons (Fsp3) is 0.435. The van der Waals surface area contributed by atoms with Gasteiger partial charge in [0.05, 0.1) is 12.2 Å². The van der Waals surface area contributed by atoms with Crippen molar-refractivity contribution in [3.8, 4) is 16.9 Å². The third kappa shape index (κ3) is 4.23. The van der Waals surface area contributed by atoms with Gasteiger partial charge in [-0.2, -0.15) is 0 Å². The smallest absolute Gasteiger partial charge is 0.274 e. The molecule has 29 heavy (non-hydrogen) atoms. The van der Waals surface area contributed by atoms with Crippen LogP contribution in [0.5, 0.6) is 5.75 Å². The minimum Gasteiger partial charge on any atom is -0.490 e. The highest BCUT2D eigenvalue weighted by Crippen LogP contribution is 2.39. The molecule has 1 aliphatic rings. The molecule has 0 aliphatic heterocycles. The van der Waals surface area contributed by atoms with Gasteiger partial charge in [0, 0.05) is 46.1 Å². The van der Waals surface area contributed by atoms with Gasteiger partial charge in [0.15, 0.2) is 0 Å². The zero-order chi connectivity index (χ0) is 20.5. The Morgan fingerprint density at radius 3 is 2.66 bits per heavy atom. The Balaban J connectivity index is 1.80. The molecular formula is C23H28N2O3S. The van der Waals surface area contributed by atoms with E-state index in [9.17, 15) is 9.90 Å². The molecule has 5 nitrogen and oxygen atoms in total. The Morgan fingerprint density at radius 2 is 1.93 bits per heavy atom. The molecule has 0 unspecified atom stereocenters. The largest absolute Gasteiger partial charge is 0.490 e. The van der Waals surface area contributed by atoms with Crippen LogP contribution in [0.15, 0.2) is 46.3 Å². The lowest BCUT2D eigenvalue weighted by Gasteiger charge is -2.27. The van der Waals surface area contributed by atoms with Crippen molar-refractivity contribution < 1.29 is 9.84 Å². The summed E-state index contributed by atoms with van der Waals surface area (Å²) in [7, 11) is 1.78. The highest BCUT2D eigenvalue weighted by Gasteiger charge is 2.23. The van der Waals surface area contributed by atoms with Crippen molar-refractivity contribution in [3.63, 3.8) is 0 Å². The van der Waals surface area contributed by atoms with E-state index >= 15 is 0 Å². The zero-order valence-electron chi connectivity index (χ0n) is 17.1. The molecule has 0 radical (unpaired) electrons. The number of benzene rings is 1. The van der Waals surface area contributed by atoms with Gasteiger partial charge in [-0.25, -0.2) is 0 Å². The first-order valence-corrected chi connectivity index (χ1v) is 11.1. The molecule has 2 aromatic heterocycles. The van der Waals surface area contributed by atoms with Crippen molar-refractivity contribution in [2.24, 2.45) is 7.05 Å². The standard InChI is InChI=1S/C23H28N2O3S/c1-14(2)29-17-8-9-21(28-16-6-4-15(26)5-7-16)19(12-17)20-13-25(3)23(27)22-18(20)10-11-24-22/h8-16,24,26H,4-7H2,1-3H3. The number of aliphatic hydroxyl groups excluding tert-OH is 1. The summed E-state index contributed by atoms with van der Waals surface area (Å²) in [6, 6.07) is 8.28. The molecule has 1 saturated carbocycles. The molecule has 154 valence electrons. The number of H-pyrrole nitrogens is 1. The third-order valence-corrected chi connectivity index (χ3v) is 6.44. The molecule has 0 atom stereocenters. The lowest BCUT2D eigenvalue weighted by Crippen LogP contribution is -2.26. The van der Waals surface area contributed by atoms with Gasteiger partial charge >= 0.3 is 0 Å². The van der Waals surface area contributed by atoms with Gasteiger partial charge in [0.25, 0.3) is 5.56 Å². The number of rotatable bonds is 5. The molecule has 0 amide bonds. The molecule has 0 spiro atoms. The first-order valence-electron chi connectivity index (χ1n) is 10.2. The number of aromatic nitrogens is 2. The van der Waals surface area contributed by atoms with Crippen LogP contribution >= 0.6 is 11.8 Å². The van der Waals surface area contributed by atoms with Crippen LogP contribution in [0.3, 0.4) is 0 Å². The molecule has 1 fully saturated rings. The molecule has 1 aliphatic carbocycles. The van der Waals surface area contributed by atoms with Crippen LogP contribution in [0.4, 0.5) is 0 Å². The average molecular weight is 413 g/mol. The summed E-state index contributed by atoms with van der Waals surface area (Å²) in [5.41, 5.74) is 2.56. The van der Waals surface area contributed by atoms with Crippen molar-refractivity contribution in [2.45, 2.75) is 61.9 Å². The predicted octanol–water partition coefficient (Wildman–Crippen LogP) is 4.72. The Hall–Kier alpha value is -2.18. The number of aromatic amines is 1. The minimum atomic E-state index is -0.206. The first-order chi connectivity index (χ1) is 13.9. The fourth-order valence-corrected chi connectivity index (χ4v) is 4.87. The second kappa shape index (κ2) is 8.28. The molecule has 4 rings (SSSR count). The Morgan fingerprint density at radius 1 is 1.17 bits per heavy atom. The maximum Gasteiger partial charge on any atom is 0.274 e.